The molecule has 0 fully saturated rings. The average molecular weight is 458 g/mol. The van der Waals surface area contributed by atoms with Gasteiger partial charge >= 0.3 is 0 Å². The van der Waals surface area contributed by atoms with E-state index in [-0.39, 0.29) is 36.9 Å². The Kier molecular flexibility index (Phi) is 14.1. The standard InChI is InChI=1S/C22H39N3O5S/c1-7-8-20(28)25(15-26)13-10-19(27)23-12-9-17(4)30-14-11-22(6,31)21(29)24-18(5)16(2)3/h7-8,15-18,31H,9-14H2,1-6H3,(H,23,27)(H,24,29)/b8-7-. The second-order valence-electron chi connectivity index (χ2n) is 8.24. The smallest absolute Gasteiger partial charge is 0.252 e. The van der Waals surface area contributed by atoms with Gasteiger partial charge < -0.3 is 15.4 Å². The molecule has 31 heavy (non-hydrogen) atoms. The van der Waals surface area contributed by atoms with Crippen LogP contribution in [0.2, 0.25) is 0 Å². The summed E-state index contributed by atoms with van der Waals surface area (Å²) in [5.41, 5.74) is 0. The number of nitrogens with zero attached hydrogens (tertiary/aromatic N) is 1. The van der Waals surface area contributed by atoms with Crippen LogP contribution in [0.5, 0.6) is 0 Å². The fourth-order valence-electron chi connectivity index (χ4n) is 2.36. The van der Waals surface area contributed by atoms with Crippen molar-refractivity contribution in [3.63, 3.8) is 0 Å². The van der Waals surface area contributed by atoms with Gasteiger partial charge in [-0.25, -0.2) is 0 Å². The number of carbonyl (C=O) groups excluding carboxylic acids is 4. The van der Waals surface area contributed by atoms with E-state index in [2.05, 4.69) is 23.3 Å². The maximum atomic E-state index is 12.4. The molecule has 0 aromatic heterocycles. The SMILES string of the molecule is C/C=C\C(=O)N(C=O)CCC(=O)NCCC(C)OCCC(C)(S)C(=O)NC(C)C(C)C. The summed E-state index contributed by atoms with van der Waals surface area (Å²) >= 11 is 4.49. The van der Waals surface area contributed by atoms with Crippen LogP contribution in [0.3, 0.4) is 0 Å². The van der Waals surface area contributed by atoms with E-state index in [1.165, 1.54) is 12.2 Å². The maximum Gasteiger partial charge on any atom is 0.252 e. The zero-order valence-electron chi connectivity index (χ0n) is 19.6. The van der Waals surface area contributed by atoms with Crippen molar-refractivity contribution >= 4 is 36.8 Å². The monoisotopic (exact) mass is 457 g/mol. The zero-order chi connectivity index (χ0) is 24.0. The Morgan fingerprint density at radius 1 is 1.19 bits per heavy atom. The van der Waals surface area contributed by atoms with Crippen molar-refractivity contribution < 1.29 is 23.9 Å². The Morgan fingerprint density at radius 3 is 2.39 bits per heavy atom. The van der Waals surface area contributed by atoms with Gasteiger partial charge in [-0.15, -0.1) is 0 Å². The van der Waals surface area contributed by atoms with Crippen LogP contribution in [-0.2, 0) is 23.9 Å². The van der Waals surface area contributed by atoms with E-state index in [0.717, 1.165) is 4.90 Å². The fourth-order valence-corrected chi connectivity index (χ4v) is 2.52. The molecule has 0 bridgehead atoms. The molecule has 0 aliphatic heterocycles. The van der Waals surface area contributed by atoms with Crippen molar-refractivity contribution in [1.29, 1.82) is 0 Å². The normalized spacial score (nSPS) is 15.2. The molecule has 8 nitrogen and oxygen atoms in total. The first kappa shape index (κ1) is 29.1. The number of ether oxygens (including phenoxy) is 1. The number of amides is 4. The molecule has 0 aromatic rings. The molecular weight excluding hydrogens is 418 g/mol. The molecule has 0 rings (SSSR count). The lowest BCUT2D eigenvalue weighted by Gasteiger charge is -2.27. The van der Waals surface area contributed by atoms with E-state index in [9.17, 15) is 19.2 Å². The third-order valence-corrected chi connectivity index (χ3v) is 5.44. The van der Waals surface area contributed by atoms with Crippen LogP contribution in [0.4, 0.5) is 0 Å². The number of allylic oxidation sites excluding steroid dienone is 1. The van der Waals surface area contributed by atoms with Gasteiger partial charge in [0.15, 0.2) is 0 Å². The van der Waals surface area contributed by atoms with Crippen molar-refractivity contribution in [3.8, 4) is 0 Å². The van der Waals surface area contributed by atoms with Gasteiger partial charge in [-0.05, 0) is 52.5 Å². The first-order valence-corrected chi connectivity index (χ1v) is 11.2. The molecule has 2 N–H and O–H groups in total. The van der Waals surface area contributed by atoms with Crippen molar-refractivity contribution in [2.75, 3.05) is 19.7 Å². The molecule has 3 unspecified atom stereocenters. The van der Waals surface area contributed by atoms with Gasteiger partial charge in [0.25, 0.3) is 5.91 Å². The number of imide groups is 1. The molecule has 4 amide bonds. The number of hydrogen-bond acceptors (Lipinski definition) is 6. The number of hydrogen-bond donors (Lipinski definition) is 3. The molecule has 0 spiro atoms. The van der Waals surface area contributed by atoms with Gasteiger partial charge in [0.2, 0.25) is 18.2 Å². The quantitative estimate of drug-likeness (QED) is 0.198. The maximum absolute atomic E-state index is 12.4. The van der Waals surface area contributed by atoms with Crippen LogP contribution in [0.25, 0.3) is 0 Å². The van der Waals surface area contributed by atoms with Gasteiger partial charge in [-0.1, -0.05) is 19.9 Å². The molecule has 0 saturated heterocycles. The Morgan fingerprint density at radius 2 is 1.84 bits per heavy atom. The minimum absolute atomic E-state index is 0.0303. The van der Waals surface area contributed by atoms with Gasteiger partial charge in [0, 0.05) is 32.2 Å². The van der Waals surface area contributed by atoms with E-state index in [1.807, 2.05) is 27.7 Å². The van der Waals surface area contributed by atoms with Gasteiger partial charge in [-0.2, -0.15) is 12.6 Å². The van der Waals surface area contributed by atoms with Gasteiger partial charge in [0.05, 0.1) is 10.9 Å². The Balaban J connectivity index is 4.14. The Hall–Kier alpha value is -1.87. The lowest BCUT2D eigenvalue weighted by molar-refractivity contribution is -0.135. The molecule has 0 aliphatic rings. The highest BCUT2D eigenvalue weighted by Gasteiger charge is 2.30. The third kappa shape index (κ3) is 12.5. The van der Waals surface area contributed by atoms with E-state index < -0.39 is 10.7 Å². The predicted molar refractivity (Wildman–Crippen MR) is 125 cm³/mol. The molecule has 0 heterocycles. The minimum Gasteiger partial charge on any atom is -0.378 e. The van der Waals surface area contributed by atoms with Crippen molar-refractivity contribution in [1.82, 2.24) is 15.5 Å². The highest BCUT2D eigenvalue weighted by molar-refractivity contribution is 7.82. The van der Waals surface area contributed by atoms with Gasteiger partial charge in [0.1, 0.15) is 0 Å². The summed E-state index contributed by atoms with van der Waals surface area (Å²) in [5.74, 6) is -0.463. The number of rotatable bonds is 15. The topological polar surface area (TPSA) is 105 Å². The molecule has 3 atom stereocenters. The lowest BCUT2D eigenvalue weighted by atomic mass is 10.0. The summed E-state index contributed by atoms with van der Waals surface area (Å²) in [4.78, 5) is 47.8. The highest BCUT2D eigenvalue weighted by Crippen LogP contribution is 2.20. The van der Waals surface area contributed by atoms with Crippen molar-refractivity contribution in [3.05, 3.63) is 12.2 Å². The number of thiol groups is 1. The molecular formula is C22H39N3O5S. The van der Waals surface area contributed by atoms with E-state index in [4.69, 9.17) is 4.74 Å². The first-order chi connectivity index (χ1) is 14.4. The lowest BCUT2D eigenvalue weighted by Crippen LogP contribution is -2.46. The largest absolute Gasteiger partial charge is 0.378 e. The van der Waals surface area contributed by atoms with Crippen LogP contribution in [0.15, 0.2) is 12.2 Å². The molecule has 9 heteroatoms. The summed E-state index contributed by atoms with van der Waals surface area (Å²) in [5, 5.41) is 5.72. The van der Waals surface area contributed by atoms with Crippen LogP contribution < -0.4 is 10.6 Å². The zero-order valence-corrected chi connectivity index (χ0v) is 20.5. The van der Waals surface area contributed by atoms with Gasteiger partial charge in [-0.3, -0.25) is 24.1 Å². The number of carbonyl (C=O) groups is 4. The fraction of sp³-hybridized carbons (Fsp3) is 0.727. The second kappa shape index (κ2) is 15.0. The summed E-state index contributed by atoms with van der Waals surface area (Å²) in [6, 6.07) is 0.0715. The molecule has 0 aromatic carbocycles. The first-order valence-electron chi connectivity index (χ1n) is 10.7. The predicted octanol–water partition coefficient (Wildman–Crippen LogP) is 2.09. The molecule has 0 saturated carbocycles. The summed E-state index contributed by atoms with van der Waals surface area (Å²) in [6.45, 7) is 12.2. The number of nitrogens with one attached hydrogen (secondary N) is 2. The minimum atomic E-state index is -0.827. The van der Waals surface area contributed by atoms with Crippen LogP contribution in [0.1, 0.15) is 60.8 Å². The van der Waals surface area contributed by atoms with Crippen molar-refractivity contribution in [2.24, 2.45) is 5.92 Å². The van der Waals surface area contributed by atoms with E-state index >= 15 is 0 Å². The highest BCUT2D eigenvalue weighted by atomic mass is 32.1. The second-order valence-corrected chi connectivity index (χ2v) is 9.22. The third-order valence-electron chi connectivity index (χ3n) is 5.01. The Labute approximate surface area is 191 Å². The van der Waals surface area contributed by atoms with E-state index in [0.29, 0.717) is 38.3 Å². The summed E-state index contributed by atoms with van der Waals surface area (Å²) in [6.07, 6.45) is 4.23. The average Bonchev–Trinajstić information content (AvgIpc) is 2.68. The van der Waals surface area contributed by atoms with E-state index in [1.54, 1.807) is 13.8 Å². The van der Waals surface area contributed by atoms with Crippen LogP contribution in [-0.4, -0.2) is 65.6 Å². The summed E-state index contributed by atoms with van der Waals surface area (Å²) < 4.78 is 4.92. The molecule has 178 valence electrons. The van der Waals surface area contributed by atoms with Crippen LogP contribution in [0, 0.1) is 5.92 Å². The molecule has 0 aliphatic carbocycles. The Bertz CT molecular complexity index is 622. The summed E-state index contributed by atoms with van der Waals surface area (Å²) in [7, 11) is 0. The van der Waals surface area contributed by atoms with Crippen molar-refractivity contribution in [2.45, 2.75) is 77.7 Å². The molecule has 0 radical (unpaired) electrons. The van der Waals surface area contributed by atoms with Crippen LogP contribution >= 0.6 is 12.6 Å².